The average molecular weight is 382 g/mol. The highest BCUT2D eigenvalue weighted by Crippen LogP contribution is 2.33. The first-order valence-corrected chi connectivity index (χ1v) is 8.53. The van der Waals surface area contributed by atoms with E-state index in [1.54, 1.807) is 0 Å². The smallest absolute Gasteiger partial charge is 0.265 e. The maximum absolute atomic E-state index is 13.5. The lowest BCUT2D eigenvalue weighted by Crippen LogP contribution is -2.50. The van der Waals surface area contributed by atoms with Gasteiger partial charge in [0, 0.05) is 23.8 Å². The summed E-state index contributed by atoms with van der Waals surface area (Å²) in [5.41, 5.74) is 5.00. The number of carbonyl (C=O) groups excluding carboxylic acids is 3. The maximum atomic E-state index is 13.5. The van der Waals surface area contributed by atoms with Gasteiger partial charge >= 0.3 is 0 Å². The Morgan fingerprint density at radius 3 is 2.63 bits per heavy atom. The van der Waals surface area contributed by atoms with Crippen molar-refractivity contribution in [3.8, 4) is 0 Å². The molecular weight excluding hydrogens is 362 g/mol. The van der Waals surface area contributed by atoms with Crippen molar-refractivity contribution < 1.29 is 27.9 Å². The second kappa shape index (κ2) is 7.97. The minimum Gasteiger partial charge on any atom is -0.370 e. The molecule has 10 heteroatoms. The predicted molar refractivity (Wildman–Crippen MR) is 92.3 cm³/mol. The molecule has 0 radical (unpaired) electrons. The number of hydrogen-bond acceptors (Lipinski definition) is 5. The zero-order chi connectivity index (χ0) is 19.6. The summed E-state index contributed by atoms with van der Waals surface area (Å²) in [7, 11) is 0. The number of primary amides is 1. The first-order chi connectivity index (χ1) is 12.9. The number of halogens is 2. The number of nitrogens with two attached hydrogens (primary N) is 1. The molecule has 0 spiro atoms. The van der Waals surface area contributed by atoms with E-state index in [-0.39, 0.29) is 37.2 Å². The minimum atomic E-state index is -2.86. The number of nitrogens with zero attached hydrogens (tertiary/aromatic N) is 1. The molecule has 2 fully saturated rings. The van der Waals surface area contributed by atoms with Gasteiger partial charge in [-0.1, -0.05) is 0 Å². The van der Waals surface area contributed by atoms with E-state index < -0.39 is 35.8 Å². The van der Waals surface area contributed by atoms with Crippen LogP contribution in [0.25, 0.3) is 0 Å². The molecule has 4 N–H and O–H groups in total. The molecule has 0 unspecified atom stereocenters. The zero-order valence-corrected chi connectivity index (χ0v) is 14.4. The van der Waals surface area contributed by atoms with Crippen LogP contribution in [-0.4, -0.2) is 49.6 Å². The summed E-state index contributed by atoms with van der Waals surface area (Å²) in [5, 5.41) is 5.24. The largest absolute Gasteiger partial charge is 0.370 e. The van der Waals surface area contributed by atoms with E-state index in [2.05, 4.69) is 10.6 Å². The first-order valence-electron chi connectivity index (χ1n) is 8.53. The fourth-order valence-corrected chi connectivity index (χ4v) is 2.81. The second-order valence-electron chi connectivity index (χ2n) is 6.44. The van der Waals surface area contributed by atoms with Crippen molar-refractivity contribution in [2.75, 3.05) is 30.0 Å². The van der Waals surface area contributed by atoms with Crippen molar-refractivity contribution in [3.05, 3.63) is 23.8 Å². The van der Waals surface area contributed by atoms with Crippen LogP contribution in [0.2, 0.25) is 0 Å². The van der Waals surface area contributed by atoms with Crippen molar-refractivity contribution in [1.82, 2.24) is 5.32 Å². The SMILES string of the molecule is NC(=O)[C@@H](NC1CC1)C(=O)Nc1ccc(N2CCOCC2=O)c(C(F)F)c1. The molecule has 1 aliphatic heterocycles. The zero-order valence-electron chi connectivity index (χ0n) is 14.4. The van der Waals surface area contributed by atoms with Gasteiger partial charge in [-0.2, -0.15) is 0 Å². The monoisotopic (exact) mass is 382 g/mol. The van der Waals surface area contributed by atoms with E-state index in [9.17, 15) is 23.2 Å². The summed E-state index contributed by atoms with van der Waals surface area (Å²) in [6.07, 6.45) is -1.17. The van der Waals surface area contributed by atoms with Gasteiger partial charge in [-0.15, -0.1) is 0 Å². The van der Waals surface area contributed by atoms with Crippen LogP contribution in [0.4, 0.5) is 20.2 Å². The number of ether oxygens (including phenoxy) is 1. The van der Waals surface area contributed by atoms with Gasteiger partial charge in [0.1, 0.15) is 6.61 Å². The quantitative estimate of drug-likeness (QED) is 0.596. The van der Waals surface area contributed by atoms with Gasteiger partial charge < -0.3 is 20.7 Å². The van der Waals surface area contributed by atoms with Crippen LogP contribution in [0.5, 0.6) is 0 Å². The van der Waals surface area contributed by atoms with E-state index in [1.165, 1.54) is 17.0 Å². The summed E-state index contributed by atoms with van der Waals surface area (Å²) in [6.45, 7) is 0.244. The number of hydrogen-bond donors (Lipinski definition) is 3. The molecule has 1 atom stereocenters. The number of nitrogens with one attached hydrogen (secondary N) is 2. The lowest BCUT2D eigenvalue weighted by atomic mass is 10.1. The molecule has 8 nitrogen and oxygen atoms in total. The lowest BCUT2D eigenvalue weighted by Gasteiger charge is -2.29. The Morgan fingerprint density at radius 2 is 2.04 bits per heavy atom. The molecule has 1 aliphatic carbocycles. The van der Waals surface area contributed by atoms with E-state index in [4.69, 9.17) is 10.5 Å². The summed E-state index contributed by atoms with van der Waals surface area (Å²) in [5.74, 6) is -1.98. The molecular formula is C17H20F2N4O4. The normalized spacial score (nSPS) is 18.5. The molecule has 1 saturated carbocycles. The Hall–Kier alpha value is -2.59. The number of morpholine rings is 1. The summed E-state index contributed by atoms with van der Waals surface area (Å²) in [4.78, 5) is 36.9. The molecule has 3 rings (SSSR count). The number of alkyl halides is 2. The van der Waals surface area contributed by atoms with Crippen LogP contribution in [0.3, 0.4) is 0 Å². The maximum Gasteiger partial charge on any atom is 0.265 e. The fourth-order valence-electron chi connectivity index (χ4n) is 2.81. The average Bonchev–Trinajstić information content (AvgIpc) is 3.44. The van der Waals surface area contributed by atoms with Crippen LogP contribution in [0.15, 0.2) is 18.2 Å². The third-order valence-corrected chi connectivity index (χ3v) is 4.33. The summed E-state index contributed by atoms with van der Waals surface area (Å²) in [6, 6.07) is 2.65. The highest BCUT2D eigenvalue weighted by Gasteiger charge is 2.32. The van der Waals surface area contributed by atoms with Gasteiger partial charge in [-0.25, -0.2) is 8.78 Å². The standard InChI is InChI=1S/C17H20F2N4O4/c18-15(19)11-7-10(3-4-12(11)23-5-6-27-8-13(23)24)22-17(26)14(16(20)25)21-9-1-2-9/h3-4,7,9,14-15,21H,1-2,5-6,8H2,(H2,20,25)(H,22,26)/t14-/m1/s1. The molecule has 0 aromatic heterocycles. The van der Waals surface area contributed by atoms with Gasteiger partial charge in [0.15, 0.2) is 6.04 Å². The van der Waals surface area contributed by atoms with Gasteiger partial charge in [0.2, 0.25) is 5.91 Å². The number of anilines is 2. The van der Waals surface area contributed by atoms with Crippen molar-refractivity contribution >= 4 is 29.1 Å². The van der Waals surface area contributed by atoms with Crippen molar-refractivity contribution in [2.45, 2.75) is 31.4 Å². The summed E-state index contributed by atoms with van der Waals surface area (Å²) >= 11 is 0. The second-order valence-corrected chi connectivity index (χ2v) is 6.44. The molecule has 1 aromatic carbocycles. The van der Waals surface area contributed by atoms with Crippen LogP contribution < -0.4 is 21.3 Å². The summed E-state index contributed by atoms with van der Waals surface area (Å²) < 4.78 is 32.1. The third-order valence-electron chi connectivity index (χ3n) is 4.33. The topological polar surface area (TPSA) is 114 Å². The Labute approximate surface area is 154 Å². The Kier molecular flexibility index (Phi) is 5.66. The number of rotatable bonds is 7. The number of carbonyl (C=O) groups is 3. The molecule has 27 heavy (non-hydrogen) atoms. The molecule has 1 heterocycles. The highest BCUT2D eigenvalue weighted by atomic mass is 19.3. The van der Waals surface area contributed by atoms with Crippen molar-refractivity contribution in [3.63, 3.8) is 0 Å². The van der Waals surface area contributed by atoms with E-state index in [0.29, 0.717) is 0 Å². The number of benzene rings is 1. The highest BCUT2D eigenvalue weighted by molar-refractivity contribution is 6.09. The van der Waals surface area contributed by atoms with Crippen molar-refractivity contribution in [2.24, 2.45) is 5.73 Å². The Balaban J connectivity index is 1.79. The van der Waals surface area contributed by atoms with E-state index in [0.717, 1.165) is 18.9 Å². The minimum absolute atomic E-state index is 0.0552. The first kappa shape index (κ1) is 19.2. The molecule has 146 valence electrons. The van der Waals surface area contributed by atoms with Crippen LogP contribution >= 0.6 is 0 Å². The number of amides is 3. The van der Waals surface area contributed by atoms with Gasteiger partial charge in [0.25, 0.3) is 18.2 Å². The predicted octanol–water partition coefficient (Wildman–Crippen LogP) is 0.532. The molecule has 2 aliphatic rings. The molecule has 1 aromatic rings. The molecule has 1 saturated heterocycles. The molecule has 0 bridgehead atoms. The van der Waals surface area contributed by atoms with Crippen molar-refractivity contribution in [1.29, 1.82) is 0 Å². The lowest BCUT2D eigenvalue weighted by molar-refractivity contribution is -0.128. The van der Waals surface area contributed by atoms with Gasteiger partial charge in [0.05, 0.1) is 12.3 Å². The van der Waals surface area contributed by atoms with Crippen LogP contribution in [0, 0.1) is 0 Å². The van der Waals surface area contributed by atoms with Gasteiger partial charge in [-0.05, 0) is 31.0 Å². The van der Waals surface area contributed by atoms with E-state index >= 15 is 0 Å². The van der Waals surface area contributed by atoms with Crippen LogP contribution in [-0.2, 0) is 19.1 Å². The Bertz CT molecular complexity index is 754. The Morgan fingerprint density at radius 1 is 1.30 bits per heavy atom. The van der Waals surface area contributed by atoms with Crippen LogP contribution in [0.1, 0.15) is 24.8 Å². The van der Waals surface area contributed by atoms with E-state index in [1.807, 2.05) is 0 Å². The molecule has 3 amide bonds. The van der Waals surface area contributed by atoms with Gasteiger partial charge in [-0.3, -0.25) is 19.7 Å². The fraction of sp³-hybridized carbons (Fsp3) is 0.471. The third kappa shape index (κ3) is 4.58.